The maximum absolute atomic E-state index is 13.0. The molecule has 1 aromatic carbocycles. The zero-order valence-corrected chi connectivity index (χ0v) is 14.9. The predicted octanol–water partition coefficient (Wildman–Crippen LogP) is 3.34. The van der Waals surface area contributed by atoms with Gasteiger partial charge in [0.2, 0.25) is 0 Å². The minimum Gasteiger partial charge on any atom is -0.319 e. The first-order valence-corrected chi connectivity index (χ1v) is 8.68. The van der Waals surface area contributed by atoms with Crippen molar-refractivity contribution in [2.75, 3.05) is 19.8 Å². The molecule has 2 unspecified atom stereocenters. The van der Waals surface area contributed by atoms with Gasteiger partial charge in [-0.15, -0.1) is 0 Å². The largest absolute Gasteiger partial charge is 0.393 e. The van der Waals surface area contributed by atoms with Gasteiger partial charge in [-0.05, 0) is 44.0 Å². The van der Waals surface area contributed by atoms with E-state index in [1.165, 1.54) is 4.90 Å². The number of alkyl halides is 3. The molecule has 2 saturated heterocycles. The molecule has 2 aliphatic rings. The van der Waals surface area contributed by atoms with Crippen LogP contribution < -0.4 is 5.32 Å². The Morgan fingerprint density at radius 2 is 1.92 bits per heavy atom. The molecular weight excluding hydrogens is 371 g/mol. The second kappa shape index (κ2) is 6.74. The smallest absolute Gasteiger partial charge is 0.319 e. The maximum atomic E-state index is 13.0. The van der Waals surface area contributed by atoms with Crippen molar-refractivity contribution in [3.05, 3.63) is 34.9 Å². The Morgan fingerprint density at radius 1 is 1.27 bits per heavy atom. The summed E-state index contributed by atoms with van der Waals surface area (Å²) in [5.74, 6) is -1.92. The molecule has 0 radical (unpaired) electrons. The third-order valence-electron chi connectivity index (χ3n) is 5.01. The van der Waals surface area contributed by atoms with E-state index in [0.29, 0.717) is 23.6 Å². The van der Waals surface area contributed by atoms with Gasteiger partial charge in [0.25, 0.3) is 5.91 Å². The number of halogens is 4. The summed E-state index contributed by atoms with van der Waals surface area (Å²) in [7, 11) is 0. The summed E-state index contributed by atoms with van der Waals surface area (Å²) in [4.78, 5) is 27.6. The van der Waals surface area contributed by atoms with Crippen LogP contribution in [0.5, 0.6) is 0 Å². The van der Waals surface area contributed by atoms with Crippen LogP contribution in [0.3, 0.4) is 0 Å². The predicted molar refractivity (Wildman–Crippen MR) is 89.4 cm³/mol. The van der Waals surface area contributed by atoms with Crippen LogP contribution in [0.25, 0.3) is 0 Å². The van der Waals surface area contributed by atoms with Crippen molar-refractivity contribution >= 4 is 23.5 Å². The Bertz CT molecular complexity index is 710. The summed E-state index contributed by atoms with van der Waals surface area (Å²) in [6.45, 7) is 1.63. The molecule has 0 bridgehead atoms. The lowest BCUT2D eigenvalue weighted by Gasteiger charge is -2.35. The van der Waals surface area contributed by atoms with E-state index >= 15 is 0 Å². The van der Waals surface area contributed by atoms with Crippen molar-refractivity contribution in [3.8, 4) is 0 Å². The van der Waals surface area contributed by atoms with Crippen LogP contribution in [0, 0.1) is 5.92 Å². The van der Waals surface area contributed by atoms with Crippen molar-refractivity contribution in [3.63, 3.8) is 0 Å². The average molecular weight is 390 g/mol. The SMILES string of the molecule is CC1(c2ccc(Cl)cc2)NC(=O)N(CN2CCCC(C(F)(F)F)C2)C1=O. The highest BCUT2D eigenvalue weighted by atomic mass is 35.5. The van der Waals surface area contributed by atoms with Crippen LogP contribution in [0.15, 0.2) is 24.3 Å². The van der Waals surface area contributed by atoms with Gasteiger partial charge in [0, 0.05) is 11.6 Å². The van der Waals surface area contributed by atoms with Gasteiger partial charge < -0.3 is 5.32 Å². The fraction of sp³-hybridized carbons (Fsp3) is 0.529. The lowest BCUT2D eigenvalue weighted by atomic mass is 9.92. The number of nitrogens with one attached hydrogen (secondary N) is 1. The Hall–Kier alpha value is -1.80. The zero-order chi connectivity index (χ0) is 19.1. The number of benzene rings is 1. The minimum absolute atomic E-state index is 0.0721. The fourth-order valence-corrected chi connectivity index (χ4v) is 3.58. The van der Waals surface area contributed by atoms with Gasteiger partial charge in [-0.1, -0.05) is 23.7 Å². The number of urea groups is 1. The number of nitrogens with zero attached hydrogens (tertiary/aromatic N) is 2. The first-order valence-electron chi connectivity index (χ1n) is 8.30. The Labute approximate surface area is 154 Å². The lowest BCUT2D eigenvalue weighted by molar-refractivity contribution is -0.187. The van der Waals surface area contributed by atoms with Crippen molar-refractivity contribution < 1.29 is 22.8 Å². The van der Waals surface area contributed by atoms with Crippen LogP contribution in [-0.2, 0) is 10.3 Å². The Morgan fingerprint density at radius 3 is 2.54 bits per heavy atom. The molecule has 142 valence electrons. The number of rotatable bonds is 3. The molecule has 2 fully saturated rings. The fourth-order valence-electron chi connectivity index (χ4n) is 3.46. The summed E-state index contributed by atoms with van der Waals surface area (Å²) in [6.07, 6.45) is -3.82. The van der Waals surface area contributed by atoms with Crippen molar-refractivity contribution in [1.82, 2.24) is 15.1 Å². The number of piperidine rings is 1. The number of imide groups is 1. The first kappa shape index (κ1) is 19.0. The average Bonchev–Trinajstić information content (AvgIpc) is 2.79. The molecule has 5 nitrogen and oxygen atoms in total. The second-order valence-electron chi connectivity index (χ2n) is 6.89. The van der Waals surface area contributed by atoms with Crippen LogP contribution >= 0.6 is 11.6 Å². The molecule has 2 atom stereocenters. The number of carbonyl (C=O) groups is 2. The summed E-state index contributed by atoms with van der Waals surface area (Å²) < 4.78 is 38.9. The molecule has 1 N–H and O–H groups in total. The number of hydrogen-bond acceptors (Lipinski definition) is 3. The van der Waals surface area contributed by atoms with E-state index in [0.717, 1.165) is 4.90 Å². The van der Waals surface area contributed by atoms with Gasteiger partial charge in [0.1, 0.15) is 5.54 Å². The van der Waals surface area contributed by atoms with Gasteiger partial charge in [0.15, 0.2) is 0 Å². The minimum atomic E-state index is -4.27. The molecule has 3 rings (SSSR count). The Balaban J connectivity index is 1.74. The zero-order valence-electron chi connectivity index (χ0n) is 14.1. The maximum Gasteiger partial charge on any atom is 0.393 e. The first-order chi connectivity index (χ1) is 12.1. The molecule has 0 saturated carbocycles. The highest BCUT2D eigenvalue weighted by Gasteiger charge is 2.50. The summed E-state index contributed by atoms with van der Waals surface area (Å²) in [5, 5.41) is 3.14. The van der Waals surface area contributed by atoms with E-state index in [9.17, 15) is 22.8 Å². The molecule has 1 aromatic rings. The normalized spacial score (nSPS) is 27.7. The number of hydrogen-bond donors (Lipinski definition) is 1. The quantitative estimate of drug-likeness (QED) is 0.807. The Kier molecular flexibility index (Phi) is 4.92. The van der Waals surface area contributed by atoms with E-state index in [2.05, 4.69) is 5.32 Å². The van der Waals surface area contributed by atoms with E-state index in [1.54, 1.807) is 31.2 Å². The van der Waals surface area contributed by atoms with Gasteiger partial charge in [0.05, 0.1) is 12.6 Å². The molecule has 9 heteroatoms. The number of amides is 3. The lowest BCUT2D eigenvalue weighted by Crippen LogP contribution is -2.48. The molecule has 2 heterocycles. The number of carbonyl (C=O) groups excluding carboxylic acids is 2. The molecule has 0 aromatic heterocycles. The van der Waals surface area contributed by atoms with Crippen LogP contribution in [0.4, 0.5) is 18.0 Å². The van der Waals surface area contributed by atoms with Crippen molar-refractivity contribution in [2.24, 2.45) is 5.92 Å². The molecule has 0 spiro atoms. The van der Waals surface area contributed by atoms with Gasteiger partial charge >= 0.3 is 12.2 Å². The van der Waals surface area contributed by atoms with E-state index in [-0.39, 0.29) is 19.6 Å². The van der Waals surface area contributed by atoms with E-state index in [4.69, 9.17) is 11.6 Å². The topological polar surface area (TPSA) is 52.7 Å². The summed E-state index contributed by atoms with van der Waals surface area (Å²) in [6, 6.07) is 5.91. The second-order valence-corrected chi connectivity index (χ2v) is 7.33. The molecule has 3 amide bonds. The highest BCUT2D eigenvalue weighted by molar-refractivity contribution is 6.30. The summed E-state index contributed by atoms with van der Waals surface area (Å²) in [5.41, 5.74) is -0.699. The standard InChI is InChI=1S/C17H19ClF3N3O2/c1-16(11-4-6-13(18)7-5-11)14(25)24(15(26)22-16)10-23-8-2-3-12(9-23)17(19,20)21/h4-7,12H,2-3,8-10H2,1H3,(H,22,26). The molecule has 26 heavy (non-hydrogen) atoms. The van der Waals surface area contributed by atoms with Crippen molar-refractivity contribution in [1.29, 1.82) is 0 Å². The molecular formula is C17H19ClF3N3O2. The molecule has 2 aliphatic heterocycles. The summed E-state index contributed by atoms with van der Waals surface area (Å²) >= 11 is 5.86. The third kappa shape index (κ3) is 3.53. The van der Waals surface area contributed by atoms with Gasteiger partial charge in [-0.25, -0.2) is 9.69 Å². The highest BCUT2D eigenvalue weighted by Crippen LogP contribution is 2.34. The monoisotopic (exact) mass is 389 g/mol. The van der Waals surface area contributed by atoms with Crippen LogP contribution in [-0.4, -0.2) is 47.7 Å². The van der Waals surface area contributed by atoms with E-state index < -0.39 is 29.6 Å². The van der Waals surface area contributed by atoms with Crippen molar-refractivity contribution in [2.45, 2.75) is 31.5 Å². The van der Waals surface area contributed by atoms with Crippen LogP contribution in [0.2, 0.25) is 5.02 Å². The number of likely N-dealkylation sites (tertiary alicyclic amines) is 1. The van der Waals surface area contributed by atoms with E-state index in [1.807, 2.05) is 0 Å². The molecule has 0 aliphatic carbocycles. The van der Waals surface area contributed by atoms with Gasteiger partial charge in [-0.2, -0.15) is 13.2 Å². The van der Waals surface area contributed by atoms with Gasteiger partial charge in [-0.3, -0.25) is 9.69 Å². The van der Waals surface area contributed by atoms with Crippen LogP contribution in [0.1, 0.15) is 25.3 Å². The third-order valence-corrected chi connectivity index (χ3v) is 5.26.